The Labute approximate surface area is 154 Å². The molecule has 3 aromatic rings. The fourth-order valence-electron chi connectivity index (χ4n) is 4.19. The van der Waals surface area contributed by atoms with Crippen molar-refractivity contribution < 1.29 is 5.11 Å². The van der Waals surface area contributed by atoms with Gasteiger partial charge in [-0.05, 0) is 73.2 Å². The lowest BCUT2D eigenvalue weighted by molar-refractivity contribution is 0.277. The fraction of sp³-hybridized carbons (Fsp3) is 0.409. The summed E-state index contributed by atoms with van der Waals surface area (Å²) in [5.74, 6) is 1.06. The molecule has 0 radical (unpaired) electrons. The van der Waals surface area contributed by atoms with Crippen LogP contribution in [0, 0.1) is 0 Å². The third-order valence-electron chi connectivity index (χ3n) is 5.52. The average molecular weight is 349 g/mol. The highest BCUT2D eigenvalue weighted by Crippen LogP contribution is 2.37. The van der Waals surface area contributed by atoms with E-state index >= 15 is 0 Å². The van der Waals surface area contributed by atoms with Gasteiger partial charge in [0.1, 0.15) is 0 Å². The number of rotatable bonds is 4. The van der Waals surface area contributed by atoms with Crippen LogP contribution in [0.3, 0.4) is 0 Å². The molecule has 1 aliphatic rings. The predicted octanol–water partition coefficient (Wildman–Crippen LogP) is 4.31. The first-order valence-corrected chi connectivity index (χ1v) is 9.59. The number of aliphatic hydroxyl groups excluding tert-OH is 1. The topological polar surface area (TPSA) is 60.9 Å². The van der Waals surface area contributed by atoms with E-state index < -0.39 is 0 Å². The number of hydrogen-bond donors (Lipinski definition) is 3. The number of aliphatic hydroxyl groups is 1. The molecule has 4 nitrogen and oxygen atoms in total. The zero-order valence-electron chi connectivity index (χ0n) is 15.5. The van der Waals surface area contributed by atoms with E-state index in [1.807, 2.05) is 12.1 Å². The van der Waals surface area contributed by atoms with Crippen LogP contribution in [0.2, 0.25) is 0 Å². The summed E-state index contributed by atoms with van der Waals surface area (Å²) in [6.45, 7) is 6.68. The van der Waals surface area contributed by atoms with E-state index in [-0.39, 0.29) is 6.61 Å². The van der Waals surface area contributed by atoms with Gasteiger partial charge in [0.2, 0.25) is 0 Å². The van der Waals surface area contributed by atoms with Crippen LogP contribution in [-0.4, -0.2) is 28.2 Å². The number of piperidine rings is 1. The average Bonchev–Trinajstić information content (AvgIpc) is 3.07. The molecule has 136 valence electrons. The van der Waals surface area contributed by atoms with Crippen molar-refractivity contribution in [2.45, 2.75) is 45.1 Å². The second-order valence-electron chi connectivity index (χ2n) is 7.59. The van der Waals surface area contributed by atoms with Gasteiger partial charge in [0.25, 0.3) is 0 Å². The Morgan fingerprint density at radius 3 is 2.69 bits per heavy atom. The van der Waals surface area contributed by atoms with Gasteiger partial charge in [0.05, 0.1) is 18.0 Å². The highest BCUT2D eigenvalue weighted by molar-refractivity contribution is 5.92. The first kappa shape index (κ1) is 17.3. The van der Waals surface area contributed by atoms with E-state index in [4.69, 9.17) is 0 Å². The number of aromatic nitrogens is 2. The second-order valence-corrected chi connectivity index (χ2v) is 7.59. The Hall–Kier alpha value is -2.17. The molecule has 1 fully saturated rings. The second kappa shape index (κ2) is 7.22. The Kier molecular flexibility index (Phi) is 4.79. The summed E-state index contributed by atoms with van der Waals surface area (Å²) in [5.41, 5.74) is 6.93. The molecule has 4 rings (SSSR count). The number of nitrogens with zero attached hydrogens (tertiary/aromatic N) is 1. The first-order valence-electron chi connectivity index (χ1n) is 9.59. The Bertz CT molecular complexity index is 907. The van der Waals surface area contributed by atoms with Crippen molar-refractivity contribution in [3.63, 3.8) is 0 Å². The van der Waals surface area contributed by atoms with Crippen LogP contribution in [0.1, 0.15) is 55.3 Å². The molecule has 0 bridgehead atoms. The van der Waals surface area contributed by atoms with Crippen LogP contribution in [-0.2, 0) is 6.61 Å². The van der Waals surface area contributed by atoms with Gasteiger partial charge >= 0.3 is 0 Å². The van der Waals surface area contributed by atoms with Gasteiger partial charge in [0, 0.05) is 22.7 Å². The van der Waals surface area contributed by atoms with Crippen LogP contribution >= 0.6 is 0 Å². The SMILES string of the molecule is CC(C)c1c(-c2ccnc(CO)c2)[nH]c2ccc(C3CCNCC3)cc12. The molecular weight excluding hydrogens is 322 g/mol. The molecular formula is C22H27N3O. The highest BCUT2D eigenvalue weighted by Gasteiger charge is 2.20. The van der Waals surface area contributed by atoms with Gasteiger partial charge in [-0.25, -0.2) is 0 Å². The van der Waals surface area contributed by atoms with Crippen molar-refractivity contribution in [2.24, 2.45) is 0 Å². The molecule has 0 spiro atoms. The number of hydrogen-bond acceptors (Lipinski definition) is 3. The van der Waals surface area contributed by atoms with E-state index in [2.05, 4.69) is 47.3 Å². The fourth-order valence-corrected chi connectivity index (χ4v) is 4.19. The summed E-state index contributed by atoms with van der Waals surface area (Å²) in [6, 6.07) is 10.9. The highest BCUT2D eigenvalue weighted by atomic mass is 16.3. The molecule has 1 aliphatic heterocycles. The van der Waals surface area contributed by atoms with Crippen molar-refractivity contribution in [1.29, 1.82) is 0 Å². The van der Waals surface area contributed by atoms with Crippen molar-refractivity contribution in [3.05, 3.63) is 53.3 Å². The van der Waals surface area contributed by atoms with Crippen molar-refractivity contribution in [2.75, 3.05) is 13.1 Å². The summed E-state index contributed by atoms with van der Waals surface area (Å²) < 4.78 is 0. The number of fused-ring (bicyclic) bond motifs is 1. The first-order chi connectivity index (χ1) is 12.7. The molecule has 0 saturated carbocycles. The minimum absolute atomic E-state index is 0.0368. The van der Waals surface area contributed by atoms with Gasteiger partial charge in [-0.1, -0.05) is 19.9 Å². The number of nitrogens with one attached hydrogen (secondary N) is 2. The van der Waals surface area contributed by atoms with Crippen molar-refractivity contribution in [1.82, 2.24) is 15.3 Å². The molecule has 3 N–H and O–H groups in total. The molecule has 0 aliphatic carbocycles. The maximum absolute atomic E-state index is 9.43. The van der Waals surface area contributed by atoms with Crippen molar-refractivity contribution >= 4 is 10.9 Å². The lowest BCUT2D eigenvalue weighted by Crippen LogP contribution is -2.26. The maximum Gasteiger partial charge on any atom is 0.0853 e. The summed E-state index contributed by atoms with van der Waals surface area (Å²) >= 11 is 0. The summed E-state index contributed by atoms with van der Waals surface area (Å²) in [5, 5.41) is 14.2. The molecule has 4 heteroatoms. The molecule has 1 aromatic carbocycles. The third-order valence-corrected chi connectivity index (χ3v) is 5.52. The summed E-state index contributed by atoms with van der Waals surface area (Å²) in [7, 11) is 0. The minimum atomic E-state index is -0.0368. The van der Waals surface area contributed by atoms with Gasteiger partial charge < -0.3 is 15.4 Å². The largest absolute Gasteiger partial charge is 0.390 e. The molecule has 2 aromatic heterocycles. The van der Waals surface area contributed by atoms with E-state index in [9.17, 15) is 5.11 Å². The minimum Gasteiger partial charge on any atom is -0.390 e. The smallest absolute Gasteiger partial charge is 0.0853 e. The molecule has 1 saturated heterocycles. The lowest BCUT2D eigenvalue weighted by Gasteiger charge is -2.23. The van der Waals surface area contributed by atoms with Crippen molar-refractivity contribution in [3.8, 4) is 11.3 Å². The van der Waals surface area contributed by atoms with Crippen LogP contribution in [0.5, 0.6) is 0 Å². The predicted molar refractivity (Wildman–Crippen MR) is 106 cm³/mol. The molecule has 0 atom stereocenters. The zero-order chi connectivity index (χ0) is 18.1. The van der Waals surface area contributed by atoms with Gasteiger partial charge in [-0.2, -0.15) is 0 Å². The number of benzene rings is 1. The van der Waals surface area contributed by atoms with Gasteiger partial charge in [0.15, 0.2) is 0 Å². The molecule has 0 unspecified atom stereocenters. The normalized spacial score (nSPS) is 15.8. The summed E-state index contributed by atoms with van der Waals surface area (Å²) in [4.78, 5) is 7.84. The number of aromatic amines is 1. The van der Waals surface area contributed by atoms with E-state index in [0.717, 1.165) is 24.3 Å². The molecule has 26 heavy (non-hydrogen) atoms. The standard InChI is InChI=1S/C22H27N3O/c1-14(2)21-19-12-16(15-5-8-23-9-6-15)3-4-20(19)25-22(21)17-7-10-24-18(11-17)13-26/h3-4,7,10-12,14-15,23,25-26H,5-6,8-9,13H2,1-2H3. The number of pyridine rings is 1. The van der Waals surface area contributed by atoms with Gasteiger partial charge in [-0.3, -0.25) is 4.98 Å². The van der Waals surface area contributed by atoms with Crippen LogP contribution < -0.4 is 5.32 Å². The molecule has 3 heterocycles. The lowest BCUT2D eigenvalue weighted by atomic mass is 9.88. The van der Waals surface area contributed by atoms with Crippen LogP contribution in [0.4, 0.5) is 0 Å². The van der Waals surface area contributed by atoms with E-state index in [1.54, 1.807) is 6.20 Å². The maximum atomic E-state index is 9.43. The third kappa shape index (κ3) is 3.15. The Morgan fingerprint density at radius 1 is 1.15 bits per heavy atom. The van der Waals surface area contributed by atoms with Gasteiger partial charge in [-0.15, -0.1) is 0 Å². The summed E-state index contributed by atoms with van der Waals surface area (Å²) in [6.07, 6.45) is 4.20. The monoisotopic (exact) mass is 349 g/mol. The van der Waals surface area contributed by atoms with E-state index in [0.29, 0.717) is 17.5 Å². The Morgan fingerprint density at radius 2 is 1.96 bits per heavy atom. The van der Waals surface area contributed by atoms with Crippen LogP contribution in [0.25, 0.3) is 22.2 Å². The van der Waals surface area contributed by atoms with E-state index in [1.165, 1.54) is 34.9 Å². The quantitative estimate of drug-likeness (QED) is 0.658. The zero-order valence-corrected chi connectivity index (χ0v) is 15.5. The number of H-pyrrole nitrogens is 1. The molecule has 0 amide bonds. The van der Waals surface area contributed by atoms with Crippen LogP contribution in [0.15, 0.2) is 36.5 Å². The Balaban J connectivity index is 1.84.